The topological polar surface area (TPSA) is 41.6 Å². The molecule has 0 heterocycles. The predicted octanol–water partition coefficient (Wildman–Crippen LogP) is 3.46. The Kier molecular flexibility index (Phi) is 7.39. The number of nitrogens with zero attached hydrogens (tertiary/aromatic N) is 1. The number of likely N-dealkylation sites (N-methyl/N-ethyl adjacent to an activating group) is 1. The Hall–Kier alpha value is -1.55. The van der Waals surface area contributed by atoms with E-state index in [4.69, 9.17) is 4.74 Å². The summed E-state index contributed by atoms with van der Waals surface area (Å²) < 4.78 is 5.34. The second-order valence-corrected chi connectivity index (χ2v) is 6.65. The van der Waals surface area contributed by atoms with Crippen molar-refractivity contribution in [3.05, 3.63) is 35.9 Å². The lowest BCUT2D eigenvalue weighted by molar-refractivity contribution is 0.0299. The molecule has 0 bridgehead atoms. The molecule has 0 aliphatic heterocycles. The molecule has 0 spiro atoms. The molecule has 22 heavy (non-hydrogen) atoms. The summed E-state index contributed by atoms with van der Waals surface area (Å²) in [6.45, 7) is 9.22. The lowest BCUT2D eigenvalue weighted by Gasteiger charge is -2.25. The third-order valence-corrected chi connectivity index (χ3v) is 3.40. The first-order valence-corrected chi connectivity index (χ1v) is 8.03. The van der Waals surface area contributed by atoms with Crippen LogP contribution in [-0.2, 0) is 11.2 Å². The zero-order valence-electron chi connectivity index (χ0n) is 14.6. The molecule has 1 atom stereocenters. The van der Waals surface area contributed by atoms with Crippen molar-refractivity contribution >= 4 is 6.09 Å². The van der Waals surface area contributed by atoms with Crippen molar-refractivity contribution in [2.75, 3.05) is 20.1 Å². The van der Waals surface area contributed by atoms with Gasteiger partial charge in [0.25, 0.3) is 0 Å². The second-order valence-electron chi connectivity index (χ2n) is 6.65. The summed E-state index contributed by atoms with van der Waals surface area (Å²) >= 11 is 0. The van der Waals surface area contributed by atoms with Crippen molar-refractivity contribution in [3.63, 3.8) is 0 Å². The molecule has 0 aromatic heterocycles. The van der Waals surface area contributed by atoms with E-state index in [1.54, 1.807) is 11.9 Å². The van der Waals surface area contributed by atoms with Gasteiger partial charge >= 0.3 is 6.09 Å². The largest absolute Gasteiger partial charge is 0.444 e. The highest BCUT2D eigenvalue weighted by molar-refractivity contribution is 5.67. The summed E-state index contributed by atoms with van der Waals surface area (Å²) in [4.78, 5) is 13.5. The number of nitrogens with one attached hydrogen (secondary N) is 1. The maximum Gasteiger partial charge on any atom is 0.410 e. The number of benzene rings is 1. The van der Waals surface area contributed by atoms with Gasteiger partial charge in [-0.25, -0.2) is 4.79 Å². The van der Waals surface area contributed by atoms with Crippen LogP contribution < -0.4 is 5.32 Å². The molecule has 124 valence electrons. The molecule has 1 unspecified atom stereocenters. The third kappa shape index (κ3) is 7.46. The van der Waals surface area contributed by atoms with Crippen LogP contribution in [0.5, 0.6) is 0 Å². The van der Waals surface area contributed by atoms with E-state index >= 15 is 0 Å². The maximum atomic E-state index is 11.9. The van der Waals surface area contributed by atoms with Crippen LogP contribution in [0.4, 0.5) is 4.79 Å². The molecule has 0 radical (unpaired) electrons. The smallest absolute Gasteiger partial charge is 0.410 e. The lowest BCUT2D eigenvalue weighted by atomic mass is 10.0. The molecule has 1 rings (SSSR count). The zero-order chi connectivity index (χ0) is 16.6. The van der Waals surface area contributed by atoms with E-state index in [0.717, 1.165) is 19.4 Å². The van der Waals surface area contributed by atoms with Gasteiger partial charge in [-0.2, -0.15) is 0 Å². The average Bonchev–Trinajstić information content (AvgIpc) is 2.45. The van der Waals surface area contributed by atoms with Crippen molar-refractivity contribution in [2.24, 2.45) is 0 Å². The monoisotopic (exact) mass is 306 g/mol. The molecular formula is C18H30N2O2. The summed E-state index contributed by atoms with van der Waals surface area (Å²) in [5, 5.41) is 3.52. The van der Waals surface area contributed by atoms with Crippen LogP contribution in [0.3, 0.4) is 0 Å². The molecule has 1 N–H and O–H groups in total. The van der Waals surface area contributed by atoms with Gasteiger partial charge in [0.15, 0.2) is 0 Å². The molecule has 0 saturated carbocycles. The fraction of sp³-hybridized carbons (Fsp3) is 0.611. The Morgan fingerprint density at radius 1 is 1.27 bits per heavy atom. The Morgan fingerprint density at radius 3 is 2.45 bits per heavy atom. The van der Waals surface area contributed by atoms with Gasteiger partial charge in [-0.15, -0.1) is 0 Å². The summed E-state index contributed by atoms with van der Waals surface area (Å²) in [6.07, 6.45) is 1.80. The fourth-order valence-electron chi connectivity index (χ4n) is 2.13. The van der Waals surface area contributed by atoms with E-state index in [0.29, 0.717) is 12.6 Å². The number of ether oxygens (including phenoxy) is 1. The fourth-order valence-corrected chi connectivity index (χ4v) is 2.13. The standard InChI is InChI=1S/C18H30N2O2/c1-6-16(14-15-10-8-7-9-11-15)19-12-13-20(5)17(21)22-18(2,3)4/h7-11,16,19H,6,12-14H2,1-5H3. The van der Waals surface area contributed by atoms with E-state index in [1.165, 1.54) is 5.56 Å². The van der Waals surface area contributed by atoms with Crippen molar-refractivity contribution in [1.82, 2.24) is 10.2 Å². The first-order valence-electron chi connectivity index (χ1n) is 8.03. The molecule has 1 aromatic rings. The zero-order valence-corrected chi connectivity index (χ0v) is 14.6. The van der Waals surface area contributed by atoms with Gasteiger partial charge in [0.2, 0.25) is 0 Å². The highest BCUT2D eigenvalue weighted by atomic mass is 16.6. The minimum absolute atomic E-state index is 0.273. The van der Waals surface area contributed by atoms with Crippen LogP contribution >= 0.6 is 0 Å². The number of rotatable bonds is 7. The van der Waals surface area contributed by atoms with Crippen molar-refractivity contribution in [2.45, 2.75) is 52.2 Å². The van der Waals surface area contributed by atoms with Crippen LogP contribution in [0.1, 0.15) is 39.7 Å². The first kappa shape index (κ1) is 18.5. The van der Waals surface area contributed by atoms with Crippen LogP contribution in [0.25, 0.3) is 0 Å². The highest BCUT2D eigenvalue weighted by Crippen LogP contribution is 2.09. The van der Waals surface area contributed by atoms with Crippen molar-refractivity contribution < 1.29 is 9.53 Å². The number of amides is 1. The van der Waals surface area contributed by atoms with Crippen molar-refractivity contribution in [1.29, 1.82) is 0 Å². The van der Waals surface area contributed by atoms with Crippen molar-refractivity contribution in [3.8, 4) is 0 Å². The quantitative estimate of drug-likeness (QED) is 0.838. The van der Waals surface area contributed by atoms with Crippen LogP contribution in [0.15, 0.2) is 30.3 Å². The van der Waals surface area contributed by atoms with Gasteiger partial charge in [-0.05, 0) is 39.2 Å². The highest BCUT2D eigenvalue weighted by Gasteiger charge is 2.19. The van der Waals surface area contributed by atoms with Gasteiger partial charge in [-0.1, -0.05) is 37.3 Å². The van der Waals surface area contributed by atoms with Gasteiger partial charge in [0, 0.05) is 26.2 Å². The summed E-state index contributed by atoms with van der Waals surface area (Å²) in [6, 6.07) is 10.9. The Bertz CT molecular complexity index is 440. The van der Waals surface area contributed by atoms with Gasteiger partial charge in [-0.3, -0.25) is 0 Å². The minimum Gasteiger partial charge on any atom is -0.444 e. The summed E-state index contributed by atoms with van der Waals surface area (Å²) in [7, 11) is 1.77. The molecule has 0 fully saturated rings. The summed E-state index contributed by atoms with van der Waals surface area (Å²) in [5.41, 5.74) is 0.889. The Morgan fingerprint density at radius 2 is 1.91 bits per heavy atom. The molecular weight excluding hydrogens is 276 g/mol. The molecule has 0 saturated heterocycles. The maximum absolute atomic E-state index is 11.9. The molecule has 1 amide bonds. The SMILES string of the molecule is CCC(Cc1ccccc1)NCCN(C)C(=O)OC(C)(C)C. The van der Waals surface area contributed by atoms with Crippen LogP contribution in [0.2, 0.25) is 0 Å². The third-order valence-electron chi connectivity index (χ3n) is 3.40. The predicted molar refractivity (Wildman–Crippen MR) is 91.1 cm³/mol. The average molecular weight is 306 g/mol. The van der Waals surface area contributed by atoms with E-state index in [9.17, 15) is 4.79 Å². The van der Waals surface area contributed by atoms with E-state index in [1.807, 2.05) is 26.8 Å². The number of carbonyl (C=O) groups is 1. The number of hydrogen-bond acceptors (Lipinski definition) is 3. The van der Waals surface area contributed by atoms with Crippen LogP contribution in [-0.4, -0.2) is 42.8 Å². The molecule has 1 aromatic carbocycles. The summed E-state index contributed by atoms with van der Waals surface area (Å²) in [5.74, 6) is 0. The first-order chi connectivity index (χ1) is 10.3. The number of hydrogen-bond donors (Lipinski definition) is 1. The Labute approximate surface area is 134 Å². The molecule has 0 aliphatic carbocycles. The van der Waals surface area contributed by atoms with Gasteiger partial charge in [0.05, 0.1) is 0 Å². The van der Waals surface area contributed by atoms with Crippen LogP contribution in [0, 0.1) is 0 Å². The number of carbonyl (C=O) groups excluding carboxylic acids is 1. The Balaban J connectivity index is 2.33. The molecule has 0 aliphatic rings. The van der Waals surface area contributed by atoms with E-state index in [2.05, 4.69) is 36.5 Å². The lowest BCUT2D eigenvalue weighted by Crippen LogP contribution is -2.40. The van der Waals surface area contributed by atoms with Gasteiger partial charge < -0.3 is 15.0 Å². The second kappa shape index (κ2) is 8.79. The molecule has 4 nitrogen and oxygen atoms in total. The minimum atomic E-state index is -0.446. The van der Waals surface area contributed by atoms with E-state index < -0.39 is 5.60 Å². The van der Waals surface area contributed by atoms with Gasteiger partial charge in [0.1, 0.15) is 5.60 Å². The normalized spacial score (nSPS) is 12.8. The molecule has 4 heteroatoms. The van der Waals surface area contributed by atoms with E-state index in [-0.39, 0.29) is 6.09 Å².